The first-order chi connectivity index (χ1) is 16.9. The van der Waals surface area contributed by atoms with E-state index in [9.17, 15) is 9.59 Å². The van der Waals surface area contributed by atoms with E-state index in [4.69, 9.17) is 9.47 Å². The third kappa shape index (κ3) is 6.97. The van der Waals surface area contributed by atoms with Gasteiger partial charge in [0.15, 0.2) is 0 Å². The van der Waals surface area contributed by atoms with Gasteiger partial charge in [0.25, 0.3) is 0 Å². The van der Waals surface area contributed by atoms with Crippen LogP contribution in [-0.4, -0.2) is 42.6 Å². The van der Waals surface area contributed by atoms with Crippen LogP contribution < -0.4 is 0 Å². The molecule has 1 aliphatic rings. The van der Waals surface area contributed by atoms with Crippen molar-refractivity contribution in [2.24, 2.45) is 11.8 Å². The molecule has 36 heavy (non-hydrogen) atoms. The molecule has 1 aliphatic carbocycles. The van der Waals surface area contributed by atoms with Gasteiger partial charge in [-0.3, -0.25) is 4.90 Å². The summed E-state index contributed by atoms with van der Waals surface area (Å²) >= 11 is 0. The molecule has 0 spiro atoms. The lowest BCUT2D eigenvalue weighted by Gasteiger charge is -2.39. The number of carbonyl (C=O) groups is 2. The van der Waals surface area contributed by atoms with Crippen LogP contribution in [0.15, 0.2) is 48.5 Å². The maximum atomic E-state index is 13.7. The zero-order valence-electron chi connectivity index (χ0n) is 23.2. The molecule has 0 bridgehead atoms. The lowest BCUT2D eigenvalue weighted by Crippen LogP contribution is -2.39. The van der Waals surface area contributed by atoms with E-state index < -0.39 is 17.6 Å². The number of likely N-dealkylation sites (N-methyl/N-ethyl adjacent to an activating group) is 1. The third-order valence-corrected chi connectivity index (χ3v) is 7.29. The Bertz CT molecular complexity index is 1040. The molecule has 0 N–H and O–H groups in total. The minimum atomic E-state index is -0.614. The highest BCUT2D eigenvalue weighted by molar-refractivity contribution is 5.90. The summed E-state index contributed by atoms with van der Waals surface area (Å²) in [5, 5.41) is 0. The van der Waals surface area contributed by atoms with E-state index in [0.29, 0.717) is 17.4 Å². The maximum absolute atomic E-state index is 13.7. The predicted molar refractivity (Wildman–Crippen MR) is 144 cm³/mol. The highest BCUT2D eigenvalue weighted by atomic mass is 16.6. The highest BCUT2D eigenvalue weighted by Gasteiger charge is 2.38. The number of hydrogen-bond acceptors (Lipinski definition) is 5. The Hall–Kier alpha value is -2.66. The van der Waals surface area contributed by atoms with Crippen LogP contribution in [-0.2, 0) is 14.3 Å². The first kappa shape index (κ1) is 27.9. The molecule has 2 aromatic rings. The summed E-state index contributed by atoms with van der Waals surface area (Å²) in [6.45, 7) is 12.0. The molecule has 0 heterocycles. The first-order valence-electron chi connectivity index (χ1n) is 13.1. The van der Waals surface area contributed by atoms with Crippen molar-refractivity contribution >= 4 is 11.9 Å². The van der Waals surface area contributed by atoms with E-state index in [1.165, 1.54) is 5.56 Å². The molecule has 2 aromatic carbocycles. The number of carbonyl (C=O) groups excluding carboxylic acids is 2. The molecule has 196 valence electrons. The van der Waals surface area contributed by atoms with E-state index >= 15 is 0 Å². The summed E-state index contributed by atoms with van der Waals surface area (Å²) < 4.78 is 11.9. The van der Waals surface area contributed by atoms with Gasteiger partial charge in [0.05, 0.1) is 5.56 Å². The lowest BCUT2D eigenvalue weighted by molar-refractivity contribution is -0.161. The molecule has 0 radical (unpaired) electrons. The molecular formula is C31H43NO4. The Morgan fingerprint density at radius 2 is 1.69 bits per heavy atom. The maximum Gasteiger partial charge on any atom is 0.338 e. The second-order valence-electron chi connectivity index (χ2n) is 11.7. The van der Waals surface area contributed by atoms with Gasteiger partial charge in [-0.05, 0) is 95.3 Å². The normalized spacial score (nSPS) is 22.1. The zero-order valence-corrected chi connectivity index (χ0v) is 23.2. The third-order valence-electron chi connectivity index (χ3n) is 7.29. The van der Waals surface area contributed by atoms with E-state index in [1.54, 1.807) is 12.1 Å². The Labute approximate surface area is 217 Å². The van der Waals surface area contributed by atoms with Crippen LogP contribution in [0.1, 0.15) is 92.9 Å². The molecule has 5 nitrogen and oxygen atoms in total. The van der Waals surface area contributed by atoms with Crippen LogP contribution in [0.4, 0.5) is 0 Å². The van der Waals surface area contributed by atoms with Crippen molar-refractivity contribution in [3.05, 3.63) is 70.8 Å². The van der Waals surface area contributed by atoms with Crippen LogP contribution in [0.3, 0.4) is 0 Å². The van der Waals surface area contributed by atoms with Crippen molar-refractivity contribution < 1.29 is 19.1 Å². The first-order valence-corrected chi connectivity index (χ1v) is 13.1. The molecule has 0 aliphatic heterocycles. The largest absolute Gasteiger partial charge is 0.461 e. The van der Waals surface area contributed by atoms with Crippen LogP contribution in [0.2, 0.25) is 0 Å². The van der Waals surface area contributed by atoms with Crippen molar-refractivity contribution in [1.29, 1.82) is 0 Å². The summed E-state index contributed by atoms with van der Waals surface area (Å²) in [5.74, 6) is 0.412. The molecule has 0 saturated heterocycles. The number of nitrogens with zero attached hydrogens (tertiary/aromatic N) is 1. The highest BCUT2D eigenvalue weighted by Crippen LogP contribution is 2.40. The Kier molecular flexibility index (Phi) is 8.99. The summed E-state index contributed by atoms with van der Waals surface area (Å²) in [6, 6.07) is 15.3. The van der Waals surface area contributed by atoms with Gasteiger partial charge in [-0.2, -0.15) is 0 Å². The second-order valence-corrected chi connectivity index (χ2v) is 11.7. The van der Waals surface area contributed by atoms with E-state index in [2.05, 4.69) is 38.1 Å². The lowest BCUT2D eigenvalue weighted by atomic mass is 9.73. The molecule has 0 aromatic heterocycles. The van der Waals surface area contributed by atoms with Crippen molar-refractivity contribution in [3.63, 3.8) is 0 Å². The zero-order chi connectivity index (χ0) is 26.6. The minimum Gasteiger partial charge on any atom is -0.461 e. The van der Waals surface area contributed by atoms with Crippen molar-refractivity contribution in [3.8, 4) is 0 Å². The summed E-state index contributed by atoms with van der Waals surface area (Å²) in [4.78, 5) is 28.4. The number of hydrogen-bond donors (Lipinski definition) is 0. The van der Waals surface area contributed by atoms with Crippen LogP contribution in [0, 0.1) is 18.8 Å². The fourth-order valence-electron chi connectivity index (χ4n) is 5.29. The van der Waals surface area contributed by atoms with E-state index in [0.717, 1.165) is 30.4 Å². The molecule has 1 fully saturated rings. The summed E-state index contributed by atoms with van der Waals surface area (Å²) in [6.07, 6.45) is 2.90. The number of aryl methyl sites for hydroxylation is 1. The van der Waals surface area contributed by atoms with Gasteiger partial charge in [0.1, 0.15) is 17.7 Å². The Morgan fingerprint density at radius 1 is 1.03 bits per heavy atom. The molecule has 1 saturated carbocycles. The van der Waals surface area contributed by atoms with Crippen LogP contribution >= 0.6 is 0 Å². The Morgan fingerprint density at radius 3 is 2.31 bits per heavy atom. The summed E-state index contributed by atoms with van der Waals surface area (Å²) in [7, 11) is 3.75. The average molecular weight is 494 g/mol. The number of benzene rings is 2. The number of rotatable bonds is 7. The smallest absolute Gasteiger partial charge is 0.338 e. The van der Waals surface area contributed by atoms with Crippen molar-refractivity contribution in [2.45, 2.75) is 84.5 Å². The molecule has 5 heteroatoms. The van der Waals surface area contributed by atoms with E-state index in [1.807, 2.05) is 58.8 Å². The fourth-order valence-corrected chi connectivity index (χ4v) is 5.29. The summed E-state index contributed by atoms with van der Waals surface area (Å²) in [5.41, 5.74) is 2.83. The molecular weight excluding hydrogens is 450 g/mol. The number of esters is 2. The van der Waals surface area contributed by atoms with Crippen molar-refractivity contribution in [2.75, 3.05) is 14.1 Å². The quantitative estimate of drug-likeness (QED) is 0.402. The van der Waals surface area contributed by atoms with E-state index in [-0.39, 0.29) is 18.0 Å². The average Bonchev–Trinajstić information content (AvgIpc) is 2.79. The van der Waals surface area contributed by atoms with Gasteiger partial charge in [-0.15, -0.1) is 0 Å². The SMILES string of the molecule is Cc1ccc(C(=O)OC(C)(C)C)cc1[C@H](C(=O)O[C@@H]1C[C@H](C)CC[C@H]1[C@H](C)c1ccccc1)N(C)C. The minimum absolute atomic E-state index is 0.145. The van der Waals surface area contributed by atoms with Gasteiger partial charge >= 0.3 is 11.9 Å². The van der Waals surface area contributed by atoms with Crippen molar-refractivity contribution in [1.82, 2.24) is 4.90 Å². The second kappa shape index (κ2) is 11.6. The molecule has 0 unspecified atom stereocenters. The fraction of sp³-hybridized carbons (Fsp3) is 0.548. The molecule has 0 amide bonds. The monoisotopic (exact) mass is 493 g/mol. The molecule has 5 atom stereocenters. The standard InChI is InChI=1S/C31H43NO4/c1-20-14-17-25(22(3)23-12-10-9-11-13-23)27(18-20)35-30(34)28(32(7)8)26-19-24(16-15-21(26)2)29(33)36-31(4,5)6/h9-13,15-16,19-20,22,25,27-28H,14,17-18H2,1-8H3/t20-,22-,25+,27-,28-/m1/s1. The predicted octanol–water partition coefficient (Wildman–Crippen LogP) is 6.70. The van der Waals surface area contributed by atoms with Crippen LogP contribution in [0.25, 0.3) is 0 Å². The topological polar surface area (TPSA) is 55.8 Å². The molecule has 3 rings (SSSR count). The van der Waals surface area contributed by atoms with Gasteiger partial charge in [-0.1, -0.05) is 56.7 Å². The van der Waals surface area contributed by atoms with Gasteiger partial charge in [0.2, 0.25) is 0 Å². The Balaban J connectivity index is 1.87. The van der Waals surface area contributed by atoms with Crippen LogP contribution in [0.5, 0.6) is 0 Å². The van der Waals surface area contributed by atoms with Gasteiger partial charge in [-0.25, -0.2) is 9.59 Å². The number of ether oxygens (including phenoxy) is 2. The van der Waals surface area contributed by atoms with Gasteiger partial charge in [0, 0.05) is 5.92 Å². The van der Waals surface area contributed by atoms with Gasteiger partial charge < -0.3 is 9.47 Å².